The summed E-state index contributed by atoms with van der Waals surface area (Å²) in [6.07, 6.45) is 1.27. The van der Waals surface area contributed by atoms with Crippen molar-refractivity contribution in [3.8, 4) is 0 Å². The topological polar surface area (TPSA) is 12.0 Å². The molecule has 1 N–H and O–H groups in total. The number of hydrogen-bond acceptors (Lipinski definition) is 2. The van der Waals surface area contributed by atoms with E-state index in [-0.39, 0.29) is 0 Å². The molecule has 0 spiro atoms. The van der Waals surface area contributed by atoms with Gasteiger partial charge >= 0.3 is 0 Å². The number of nitrogens with one attached hydrogen (secondary N) is 1. The van der Waals surface area contributed by atoms with E-state index in [2.05, 4.69) is 50.4 Å². The largest absolute Gasteiger partial charge is 0.316 e. The van der Waals surface area contributed by atoms with E-state index in [4.69, 9.17) is 0 Å². The Morgan fingerprint density at radius 2 is 1.81 bits per heavy atom. The van der Waals surface area contributed by atoms with Crippen LogP contribution in [0.2, 0.25) is 0 Å². The molecule has 2 heteroatoms. The first-order valence-electron chi connectivity index (χ1n) is 6.08. The number of aryl methyl sites for hydroxylation is 1. The van der Waals surface area contributed by atoms with E-state index >= 15 is 0 Å². The fraction of sp³-hybridized carbons (Fsp3) is 0.571. The molecule has 0 saturated heterocycles. The molecule has 0 heterocycles. The molecule has 1 aromatic carbocycles. The van der Waals surface area contributed by atoms with Crippen LogP contribution in [-0.4, -0.2) is 18.8 Å². The van der Waals surface area contributed by atoms with Crippen LogP contribution in [0.4, 0.5) is 0 Å². The zero-order valence-corrected chi connectivity index (χ0v) is 11.4. The lowest BCUT2D eigenvalue weighted by atomic mass is 10.1. The number of rotatable bonds is 7. The van der Waals surface area contributed by atoms with Gasteiger partial charge in [-0.3, -0.25) is 0 Å². The predicted octanol–water partition coefficient (Wildman–Crippen LogP) is 3.72. The summed E-state index contributed by atoms with van der Waals surface area (Å²) < 4.78 is 0. The molecule has 1 nitrogen and oxygen atoms in total. The predicted molar refractivity (Wildman–Crippen MR) is 74.2 cm³/mol. The molecule has 90 valence electrons. The molecule has 0 fully saturated rings. The third kappa shape index (κ3) is 6.19. The van der Waals surface area contributed by atoms with Crippen molar-refractivity contribution in [3.63, 3.8) is 0 Å². The van der Waals surface area contributed by atoms with Crippen LogP contribution < -0.4 is 5.32 Å². The standard InChI is InChI=1S/C14H23NS/c1-12(2)8-9-15-10-11-16-14-6-4-13(3)5-7-14/h4-7,12,15H,8-11H2,1-3H3. The first-order valence-corrected chi connectivity index (χ1v) is 7.07. The molecular formula is C14H23NS. The SMILES string of the molecule is Cc1ccc(SCCNCCC(C)C)cc1. The normalized spacial score (nSPS) is 11.0. The Kier molecular flexibility index (Phi) is 6.58. The highest BCUT2D eigenvalue weighted by Crippen LogP contribution is 2.17. The molecule has 0 aliphatic rings. The smallest absolute Gasteiger partial charge is 0.0106 e. The minimum absolute atomic E-state index is 0.803. The fourth-order valence-corrected chi connectivity index (χ4v) is 2.20. The first kappa shape index (κ1) is 13.6. The highest BCUT2D eigenvalue weighted by atomic mass is 32.2. The van der Waals surface area contributed by atoms with Crippen molar-refractivity contribution in [2.45, 2.75) is 32.1 Å². The Morgan fingerprint density at radius 1 is 1.12 bits per heavy atom. The van der Waals surface area contributed by atoms with Crippen LogP contribution in [0.15, 0.2) is 29.2 Å². The van der Waals surface area contributed by atoms with Gasteiger partial charge in [-0.05, 0) is 37.9 Å². The quantitative estimate of drug-likeness (QED) is 0.573. The van der Waals surface area contributed by atoms with Gasteiger partial charge in [0.25, 0.3) is 0 Å². The number of hydrogen-bond donors (Lipinski definition) is 1. The van der Waals surface area contributed by atoms with E-state index < -0.39 is 0 Å². The van der Waals surface area contributed by atoms with Gasteiger partial charge in [-0.1, -0.05) is 31.5 Å². The molecular weight excluding hydrogens is 214 g/mol. The maximum absolute atomic E-state index is 3.48. The van der Waals surface area contributed by atoms with E-state index in [0.29, 0.717) is 0 Å². The second-order valence-corrected chi connectivity index (χ2v) is 5.76. The van der Waals surface area contributed by atoms with Gasteiger partial charge in [0.15, 0.2) is 0 Å². The van der Waals surface area contributed by atoms with E-state index in [1.807, 2.05) is 11.8 Å². The molecule has 0 unspecified atom stereocenters. The van der Waals surface area contributed by atoms with E-state index in [9.17, 15) is 0 Å². The summed E-state index contributed by atoms with van der Waals surface area (Å²) in [5.41, 5.74) is 1.33. The molecule has 0 aromatic heterocycles. The summed E-state index contributed by atoms with van der Waals surface area (Å²) >= 11 is 1.93. The van der Waals surface area contributed by atoms with Crippen molar-refractivity contribution in [2.24, 2.45) is 5.92 Å². The van der Waals surface area contributed by atoms with Crippen molar-refractivity contribution < 1.29 is 0 Å². The Balaban J connectivity index is 2.05. The van der Waals surface area contributed by atoms with Crippen molar-refractivity contribution in [1.82, 2.24) is 5.32 Å². The molecule has 1 rings (SSSR count). The Labute approximate surface area is 104 Å². The highest BCUT2D eigenvalue weighted by molar-refractivity contribution is 7.99. The van der Waals surface area contributed by atoms with Crippen LogP contribution >= 0.6 is 11.8 Å². The number of benzene rings is 1. The summed E-state index contributed by atoms with van der Waals surface area (Å²) in [7, 11) is 0. The maximum Gasteiger partial charge on any atom is 0.0106 e. The second-order valence-electron chi connectivity index (χ2n) is 4.59. The van der Waals surface area contributed by atoms with Gasteiger partial charge in [-0.15, -0.1) is 11.8 Å². The molecule has 0 bridgehead atoms. The van der Waals surface area contributed by atoms with Gasteiger partial charge in [0.1, 0.15) is 0 Å². The van der Waals surface area contributed by atoms with Crippen LogP contribution in [0.25, 0.3) is 0 Å². The van der Waals surface area contributed by atoms with Gasteiger partial charge in [-0.2, -0.15) is 0 Å². The maximum atomic E-state index is 3.48. The summed E-state index contributed by atoms with van der Waals surface area (Å²) in [6.45, 7) is 8.91. The minimum atomic E-state index is 0.803. The Morgan fingerprint density at radius 3 is 2.44 bits per heavy atom. The molecule has 0 radical (unpaired) electrons. The lowest BCUT2D eigenvalue weighted by molar-refractivity contribution is 0.547. The van der Waals surface area contributed by atoms with Gasteiger partial charge < -0.3 is 5.32 Å². The van der Waals surface area contributed by atoms with Crippen LogP contribution in [0.3, 0.4) is 0 Å². The zero-order valence-electron chi connectivity index (χ0n) is 10.6. The average Bonchev–Trinajstić information content (AvgIpc) is 2.25. The van der Waals surface area contributed by atoms with Crippen LogP contribution in [-0.2, 0) is 0 Å². The highest BCUT2D eigenvalue weighted by Gasteiger charge is 1.95. The van der Waals surface area contributed by atoms with Crippen molar-refractivity contribution in [1.29, 1.82) is 0 Å². The summed E-state index contributed by atoms with van der Waals surface area (Å²) in [5, 5.41) is 3.48. The number of thioether (sulfide) groups is 1. The van der Waals surface area contributed by atoms with Gasteiger partial charge in [-0.25, -0.2) is 0 Å². The monoisotopic (exact) mass is 237 g/mol. The van der Waals surface area contributed by atoms with Crippen molar-refractivity contribution in [2.75, 3.05) is 18.8 Å². The van der Waals surface area contributed by atoms with Gasteiger partial charge in [0, 0.05) is 17.2 Å². The summed E-state index contributed by atoms with van der Waals surface area (Å²) in [4.78, 5) is 1.37. The molecule has 16 heavy (non-hydrogen) atoms. The molecule has 0 aliphatic carbocycles. The van der Waals surface area contributed by atoms with E-state index in [1.165, 1.54) is 16.9 Å². The third-order valence-electron chi connectivity index (χ3n) is 2.47. The van der Waals surface area contributed by atoms with E-state index in [1.54, 1.807) is 0 Å². The fourth-order valence-electron chi connectivity index (χ4n) is 1.39. The lowest BCUT2D eigenvalue weighted by Gasteiger charge is -2.06. The Hall–Kier alpha value is -0.470. The second kappa shape index (κ2) is 7.75. The van der Waals surface area contributed by atoms with Crippen LogP contribution in [0.1, 0.15) is 25.8 Å². The Bertz CT molecular complexity index is 279. The van der Waals surface area contributed by atoms with Crippen molar-refractivity contribution >= 4 is 11.8 Å². The molecule has 0 saturated carbocycles. The minimum Gasteiger partial charge on any atom is -0.316 e. The molecule has 0 amide bonds. The first-order chi connectivity index (χ1) is 7.68. The third-order valence-corrected chi connectivity index (χ3v) is 3.48. The molecule has 0 aliphatic heterocycles. The van der Waals surface area contributed by atoms with Crippen LogP contribution in [0.5, 0.6) is 0 Å². The van der Waals surface area contributed by atoms with Gasteiger partial charge in [0.2, 0.25) is 0 Å². The van der Waals surface area contributed by atoms with Crippen molar-refractivity contribution in [3.05, 3.63) is 29.8 Å². The van der Waals surface area contributed by atoms with E-state index in [0.717, 1.165) is 24.8 Å². The summed E-state index contributed by atoms with van der Waals surface area (Å²) in [6, 6.07) is 8.76. The molecule has 1 aromatic rings. The lowest BCUT2D eigenvalue weighted by Crippen LogP contribution is -2.19. The summed E-state index contributed by atoms with van der Waals surface area (Å²) in [5.74, 6) is 1.96. The van der Waals surface area contributed by atoms with Crippen LogP contribution in [0, 0.1) is 12.8 Å². The van der Waals surface area contributed by atoms with Gasteiger partial charge in [0.05, 0.1) is 0 Å². The average molecular weight is 237 g/mol. The zero-order chi connectivity index (χ0) is 11.8. The molecule has 0 atom stereocenters.